The van der Waals surface area contributed by atoms with Gasteiger partial charge in [-0.3, -0.25) is 19.4 Å². The highest BCUT2D eigenvalue weighted by Gasteiger charge is 2.13. The summed E-state index contributed by atoms with van der Waals surface area (Å²) in [7, 11) is 0. The highest BCUT2D eigenvalue weighted by atomic mass is 16.6. The van der Waals surface area contributed by atoms with Crippen molar-refractivity contribution in [2.45, 2.75) is 13.0 Å². The highest BCUT2D eigenvalue weighted by Crippen LogP contribution is 2.32. The van der Waals surface area contributed by atoms with Crippen molar-refractivity contribution >= 4 is 17.6 Å². The Morgan fingerprint density at radius 3 is 2.70 bits per heavy atom. The van der Waals surface area contributed by atoms with Gasteiger partial charge >= 0.3 is 11.7 Å². The van der Waals surface area contributed by atoms with E-state index in [1.807, 2.05) is 0 Å². The Labute approximate surface area is 152 Å². The number of benzene rings is 1. The molecule has 10 heteroatoms. The number of aromatic nitrogens is 2. The number of carbonyl (C=O) groups is 2. The summed E-state index contributed by atoms with van der Waals surface area (Å²) in [6, 6.07) is 6.12. The van der Waals surface area contributed by atoms with E-state index in [0.717, 1.165) is 4.57 Å². The van der Waals surface area contributed by atoms with Gasteiger partial charge in [-0.25, -0.2) is 4.79 Å². The summed E-state index contributed by atoms with van der Waals surface area (Å²) in [6.45, 7) is 0.465. The second kappa shape index (κ2) is 8.21. The number of ether oxygens (including phenoxy) is 3. The fourth-order valence-electron chi connectivity index (χ4n) is 2.37. The van der Waals surface area contributed by atoms with Gasteiger partial charge in [0.1, 0.15) is 13.2 Å². The van der Waals surface area contributed by atoms with Crippen molar-refractivity contribution in [3.8, 4) is 11.5 Å². The van der Waals surface area contributed by atoms with E-state index in [2.05, 4.69) is 10.3 Å². The molecule has 0 saturated carbocycles. The lowest BCUT2D eigenvalue weighted by Gasteiger charge is -2.19. The number of rotatable bonds is 6. The van der Waals surface area contributed by atoms with E-state index in [1.165, 1.54) is 12.3 Å². The summed E-state index contributed by atoms with van der Waals surface area (Å²) >= 11 is 0. The minimum atomic E-state index is -0.648. The topological polar surface area (TPSA) is 129 Å². The molecule has 2 N–H and O–H groups in total. The molecule has 27 heavy (non-hydrogen) atoms. The Balaban J connectivity index is 1.45. The quantitative estimate of drug-likeness (QED) is 0.674. The first-order valence-corrected chi connectivity index (χ1v) is 8.16. The Kier molecular flexibility index (Phi) is 5.55. The van der Waals surface area contributed by atoms with Crippen LogP contribution in [0.4, 0.5) is 5.69 Å². The molecule has 2 heterocycles. The zero-order valence-electron chi connectivity index (χ0n) is 14.2. The maximum atomic E-state index is 11.9. The van der Waals surface area contributed by atoms with Crippen LogP contribution in [-0.4, -0.2) is 41.2 Å². The number of amides is 1. The number of nitrogens with zero attached hydrogens (tertiary/aromatic N) is 1. The number of H-pyrrole nitrogens is 1. The first-order chi connectivity index (χ1) is 13.0. The Morgan fingerprint density at radius 1 is 1.15 bits per heavy atom. The summed E-state index contributed by atoms with van der Waals surface area (Å²) in [5.41, 5.74) is -0.651. The molecule has 10 nitrogen and oxygen atoms in total. The van der Waals surface area contributed by atoms with Gasteiger partial charge in [0.05, 0.1) is 6.42 Å². The highest BCUT2D eigenvalue weighted by molar-refractivity contribution is 5.93. The van der Waals surface area contributed by atoms with Crippen molar-refractivity contribution in [1.82, 2.24) is 9.55 Å². The second-order valence-corrected chi connectivity index (χ2v) is 5.62. The van der Waals surface area contributed by atoms with E-state index in [1.54, 1.807) is 18.2 Å². The van der Waals surface area contributed by atoms with Crippen LogP contribution in [0.2, 0.25) is 0 Å². The van der Waals surface area contributed by atoms with E-state index in [-0.39, 0.29) is 13.0 Å². The first kappa shape index (κ1) is 18.2. The molecule has 1 aromatic carbocycles. The Hall–Kier alpha value is -3.56. The molecular weight excluding hydrogens is 358 g/mol. The number of anilines is 1. The van der Waals surface area contributed by atoms with Crippen molar-refractivity contribution in [1.29, 1.82) is 0 Å². The van der Waals surface area contributed by atoms with E-state index in [0.29, 0.717) is 30.4 Å². The minimum Gasteiger partial charge on any atom is -0.486 e. The van der Waals surface area contributed by atoms with Crippen molar-refractivity contribution in [2.24, 2.45) is 0 Å². The van der Waals surface area contributed by atoms with Gasteiger partial charge in [-0.05, 0) is 12.1 Å². The summed E-state index contributed by atoms with van der Waals surface area (Å²) in [6.07, 6.45) is 1.16. The lowest BCUT2D eigenvalue weighted by atomic mass is 10.2. The third-order valence-corrected chi connectivity index (χ3v) is 3.64. The van der Waals surface area contributed by atoms with Gasteiger partial charge < -0.3 is 24.1 Å². The number of hydrogen-bond donors (Lipinski definition) is 2. The van der Waals surface area contributed by atoms with Gasteiger partial charge in [-0.15, -0.1) is 0 Å². The SMILES string of the molecule is O=C(COC(=O)CCn1ccc(=O)[nH]c1=O)Nc1ccc2c(c1)OCCO2. The molecule has 0 spiro atoms. The molecule has 0 unspecified atom stereocenters. The van der Waals surface area contributed by atoms with Gasteiger partial charge in [0.2, 0.25) is 0 Å². The lowest BCUT2D eigenvalue weighted by Crippen LogP contribution is -2.29. The molecule has 0 saturated heterocycles. The predicted octanol–water partition coefficient (Wildman–Crippen LogP) is -0.120. The second-order valence-electron chi connectivity index (χ2n) is 5.62. The van der Waals surface area contributed by atoms with E-state index >= 15 is 0 Å². The number of esters is 1. The molecule has 0 bridgehead atoms. The van der Waals surface area contributed by atoms with Crippen LogP contribution in [-0.2, 0) is 20.9 Å². The third-order valence-electron chi connectivity index (χ3n) is 3.64. The number of hydrogen-bond acceptors (Lipinski definition) is 7. The van der Waals surface area contributed by atoms with Gasteiger partial charge in [-0.2, -0.15) is 0 Å². The number of carbonyl (C=O) groups excluding carboxylic acids is 2. The van der Waals surface area contributed by atoms with Crippen LogP contribution in [0.15, 0.2) is 40.1 Å². The van der Waals surface area contributed by atoms with Crippen LogP contribution in [0.25, 0.3) is 0 Å². The fraction of sp³-hybridized carbons (Fsp3) is 0.294. The van der Waals surface area contributed by atoms with Crippen molar-refractivity contribution in [3.63, 3.8) is 0 Å². The number of nitrogens with one attached hydrogen (secondary N) is 2. The molecule has 1 amide bonds. The number of aromatic amines is 1. The number of aryl methyl sites for hydroxylation is 1. The maximum absolute atomic E-state index is 11.9. The summed E-state index contributed by atoms with van der Waals surface area (Å²) < 4.78 is 16.9. The molecular formula is C17H17N3O7. The smallest absolute Gasteiger partial charge is 0.328 e. The average molecular weight is 375 g/mol. The van der Waals surface area contributed by atoms with E-state index in [4.69, 9.17) is 14.2 Å². The maximum Gasteiger partial charge on any atom is 0.328 e. The molecule has 2 aromatic rings. The fourth-order valence-corrected chi connectivity index (χ4v) is 2.37. The number of fused-ring (bicyclic) bond motifs is 1. The molecule has 1 aliphatic rings. The summed E-state index contributed by atoms with van der Waals surface area (Å²) in [4.78, 5) is 48.2. The largest absolute Gasteiger partial charge is 0.486 e. The van der Waals surface area contributed by atoms with Crippen LogP contribution in [0.3, 0.4) is 0 Å². The zero-order chi connectivity index (χ0) is 19.2. The van der Waals surface area contributed by atoms with Crippen molar-refractivity contribution < 1.29 is 23.8 Å². The van der Waals surface area contributed by atoms with Crippen LogP contribution >= 0.6 is 0 Å². The van der Waals surface area contributed by atoms with Gasteiger partial charge in [0.15, 0.2) is 18.1 Å². The average Bonchev–Trinajstić information content (AvgIpc) is 2.65. The summed E-state index contributed by atoms with van der Waals surface area (Å²) in [5.74, 6) is -0.0303. The van der Waals surface area contributed by atoms with E-state index < -0.39 is 29.7 Å². The molecule has 1 aromatic heterocycles. The molecule has 0 aliphatic carbocycles. The Morgan fingerprint density at radius 2 is 1.93 bits per heavy atom. The van der Waals surface area contributed by atoms with Crippen molar-refractivity contribution in [2.75, 3.05) is 25.1 Å². The van der Waals surface area contributed by atoms with Crippen molar-refractivity contribution in [3.05, 3.63) is 51.3 Å². The molecule has 0 atom stereocenters. The zero-order valence-corrected chi connectivity index (χ0v) is 14.2. The standard InChI is InChI=1S/C17H17N3O7/c21-14-3-5-20(17(24)19-14)6-4-16(23)27-10-15(22)18-11-1-2-12-13(9-11)26-8-7-25-12/h1-3,5,9H,4,6-8,10H2,(H,18,22)(H,19,21,24). The molecule has 1 aliphatic heterocycles. The van der Waals surface area contributed by atoms with Gasteiger partial charge in [0, 0.05) is 30.6 Å². The van der Waals surface area contributed by atoms with Crippen LogP contribution in [0, 0.1) is 0 Å². The minimum absolute atomic E-state index is 0.0260. The van der Waals surface area contributed by atoms with Gasteiger partial charge in [-0.1, -0.05) is 0 Å². The molecule has 142 valence electrons. The van der Waals surface area contributed by atoms with E-state index in [9.17, 15) is 19.2 Å². The first-order valence-electron chi connectivity index (χ1n) is 8.16. The molecule has 0 radical (unpaired) electrons. The van der Waals surface area contributed by atoms with Crippen LogP contribution in [0.5, 0.6) is 11.5 Å². The van der Waals surface area contributed by atoms with Crippen LogP contribution < -0.4 is 26.0 Å². The molecule has 0 fully saturated rings. The Bertz CT molecular complexity index is 963. The lowest BCUT2D eigenvalue weighted by molar-refractivity contribution is -0.147. The predicted molar refractivity (Wildman–Crippen MR) is 93.0 cm³/mol. The normalized spacial score (nSPS) is 12.3. The third kappa shape index (κ3) is 4.97. The van der Waals surface area contributed by atoms with Crippen LogP contribution in [0.1, 0.15) is 6.42 Å². The van der Waals surface area contributed by atoms with Gasteiger partial charge in [0.25, 0.3) is 11.5 Å². The monoisotopic (exact) mass is 375 g/mol. The summed E-state index contributed by atoms with van der Waals surface area (Å²) in [5, 5.41) is 2.59. The molecule has 3 rings (SSSR count).